The highest BCUT2D eigenvalue weighted by Gasteiger charge is 2.30. The van der Waals surface area contributed by atoms with Gasteiger partial charge in [-0.2, -0.15) is 0 Å². The summed E-state index contributed by atoms with van der Waals surface area (Å²) in [5, 5.41) is 10.6. The summed E-state index contributed by atoms with van der Waals surface area (Å²) in [6.45, 7) is 7.15. The van der Waals surface area contributed by atoms with Crippen LogP contribution in [0.4, 0.5) is 0 Å². The summed E-state index contributed by atoms with van der Waals surface area (Å²) in [6, 6.07) is 0. The molecule has 522 valence electrons. The van der Waals surface area contributed by atoms with Crippen LogP contribution in [0.1, 0.15) is 356 Å². The van der Waals surface area contributed by atoms with Crippen molar-refractivity contribution in [3.63, 3.8) is 0 Å². The fourth-order valence-electron chi connectivity index (χ4n) is 10.4. The first kappa shape index (κ1) is 86.1. The zero-order chi connectivity index (χ0) is 64.9. The molecule has 3 unspecified atom stereocenters. The Morgan fingerprint density at radius 2 is 0.545 bits per heavy atom. The third kappa shape index (κ3) is 61.6. The predicted molar refractivity (Wildman–Crippen MR) is 354 cm³/mol. The Kier molecular flexibility index (Phi) is 61.1. The number of carbonyl (C=O) groups excluding carboxylic acids is 4. The van der Waals surface area contributed by atoms with Crippen LogP contribution in [0.2, 0.25) is 0 Å². The van der Waals surface area contributed by atoms with E-state index in [0.29, 0.717) is 25.7 Å². The second-order valence-corrected chi connectivity index (χ2v) is 28.1. The van der Waals surface area contributed by atoms with Gasteiger partial charge in [-0.05, 0) is 31.6 Å². The summed E-state index contributed by atoms with van der Waals surface area (Å²) < 4.78 is 68.1. The SMILES string of the molecule is CCCCCCCCCCCCCCCCCCCCC(=O)O[C@H](COC(=O)CCCCCCCCCCCCCCC)COP(=O)(O)OC[C@@H](O)COP(=O)(O)OC[C@@H](COC(=O)CCCCCCCCC)OC(=O)CCCCCCCCC(C)CC. The molecule has 0 rings (SSSR count). The van der Waals surface area contributed by atoms with Gasteiger partial charge in [0.15, 0.2) is 12.2 Å². The highest BCUT2D eigenvalue weighted by Crippen LogP contribution is 2.45. The Morgan fingerprint density at radius 1 is 0.318 bits per heavy atom. The van der Waals surface area contributed by atoms with E-state index in [0.717, 1.165) is 109 Å². The molecule has 0 spiro atoms. The first-order valence-electron chi connectivity index (χ1n) is 36.2. The number of unbranched alkanes of at least 4 members (excludes halogenated alkanes) is 40. The molecule has 6 atom stereocenters. The first-order valence-corrected chi connectivity index (χ1v) is 39.2. The van der Waals surface area contributed by atoms with Gasteiger partial charge in [0.2, 0.25) is 0 Å². The van der Waals surface area contributed by atoms with E-state index in [9.17, 15) is 43.2 Å². The largest absolute Gasteiger partial charge is 0.472 e. The smallest absolute Gasteiger partial charge is 0.462 e. The number of esters is 4. The van der Waals surface area contributed by atoms with Gasteiger partial charge in [0.25, 0.3) is 0 Å². The van der Waals surface area contributed by atoms with Crippen molar-refractivity contribution in [2.24, 2.45) is 5.92 Å². The van der Waals surface area contributed by atoms with Crippen LogP contribution in [0.25, 0.3) is 0 Å². The second kappa shape index (κ2) is 62.5. The maximum atomic E-state index is 13.0. The zero-order valence-corrected chi connectivity index (χ0v) is 58.6. The molecule has 0 saturated heterocycles. The molecule has 0 aromatic rings. The fourth-order valence-corrected chi connectivity index (χ4v) is 12.0. The van der Waals surface area contributed by atoms with Gasteiger partial charge in [0.05, 0.1) is 26.4 Å². The monoisotopic (exact) mass is 1300 g/mol. The fraction of sp³-hybridized carbons (Fsp3) is 0.942. The lowest BCUT2D eigenvalue weighted by Gasteiger charge is -2.21. The van der Waals surface area contributed by atoms with Crippen LogP contribution in [0.15, 0.2) is 0 Å². The lowest BCUT2D eigenvalue weighted by Crippen LogP contribution is -2.30. The van der Waals surface area contributed by atoms with E-state index in [1.807, 2.05) is 0 Å². The topological polar surface area (TPSA) is 237 Å². The summed E-state index contributed by atoms with van der Waals surface area (Å²) >= 11 is 0. The Bertz CT molecular complexity index is 1710. The number of hydrogen-bond acceptors (Lipinski definition) is 15. The summed E-state index contributed by atoms with van der Waals surface area (Å²) in [5.74, 6) is -1.41. The van der Waals surface area contributed by atoms with Crippen molar-refractivity contribution in [1.82, 2.24) is 0 Å². The number of aliphatic hydroxyl groups is 1. The average Bonchev–Trinajstić information content (AvgIpc) is 3.69. The molecule has 0 radical (unpaired) electrons. The van der Waals surface area contributed by atoms with Crippen molar-refractivity contribution >= 4 is 39.5 Å². The molecule has 0 heterocycles. The summed E-state index contributed by atoms with van der Waals surface area (Å²) in [7, 11) is -9.89. The van der Waals surface area contributed by atoms with Crippen LogP contribution in [0, 0.1) is 5.92 Å². The molecule has 0 aliphatic rings. The Balaban J connectivity index is 5.19. The molecule has 0 aromatic heterocycles. The third-order valence-corrected chi connectivity index (χ3v) is 18.3. The van der Waals surface area contributed by atoms with Crippen molar-refractivity contribution in [2.45, 2.75) is 374 Å². The van der Waals surface area contributed by atoms with Gasteiger partial charge >= 0.3 is 39.5 Å². The number of hydrogen-bond donors (Lipinski definition) is 3. The van der Waals surface area contributed by atoms with Gasteiger partial charge < -0.3 is 33.8 Å². The van der Waals surface area contributed by atoms with Gasteiger partial charge in [-0.15, -0.1) is 0 Å². The number of phosphoric acid groups is 2. The standard InChI is InChI=1S/C69H134O17P2/c1-6-10-13-16-19-21-23-25-26-27-28-29-31-33-35-38-44-49-54-68(73)85-64(59-80-67(72)53-48-43-37-34-32-30-24-22-20-17-14-11-7-2)60-83-87(75,76)81-56-63(70)57-82-88(77,78)84-61-65(58-79-66(71)52-47-42-36-18-15-12-8-3)86-69(74)55-50-45-40-39-41-46-51-62(5)9-4/h62-65,70H,6-61H2,1-5H3,(H,75,76)(H,77,78)/t62?,63-,64-,65-/m1/s1. The van der Waals surface area contributed by atoms with Crippen LogP contribution in [0.3, 0.4) is 0 Å². The zero-order valence-electron chi connectivity index (χ0n) is 56.9. The van der Waals surface area contributed by atoms with Crippen molar-refractivity contribution in [3.8, 4) is 0 Å². The van der Waals surface area contributed by atoms with Crippen LogP contribution in [-0.2, 0) is 65.4 Å². The van der Waals surface area contributed by atoms with Crippen molar-refractivity contribution in [3.05, 3.63) is 0 Å². The number of rotatable bonds is 69. The molecule has 3 N–H and O–H groups in total. The van der Waals surface area contributed by atoms with E-state index in [-0.39, 0.29) is 25.7 Å². The molecular formula is C69H134O17P2. The summed E-state index contributed by atoms with van der Waals surface area (Å²) in [6.07, 6.45) is 48.8. The van der Waals surface area contributed by atoms with Gasteiger partial charge in [0, 0.05) is 25.7 Å². The minimum absolute atomic E-state index is 0.103. The van der Waals surface area contributed by atoms with E-state index in [1.165, 1.54) is 167 Å². The Hall–Kier alpha value is -1.94. The molecule has 0 aromatic carbocycles. The molecular weight excluding hydrogens is 1160 g/mol. The normalized spacial score (nSPS) is 14.4. The number of phosphoric ester groups is 2. The van der Waals surface area contributed by atoms with E-state index >= 15 is 0 Å². The highest BCUT2D eigenvalue weighted by molar-refractivity contribution is 7.47. The molecule has 17 nitrogen and oxygen atoms in total. The van der Waals surface area contributed by atoms with Gasteiger partial charge in [-0.3, -0.25) is 37.3 Å². The summed E-state index contributed by atoms with van der Waals surface area (Å²) in [5.41, 5.74) is 0. The maximum Gasteiger partial charge on any atom is 0.472 e. The van der Waals surface area contributed by atoms with Crippen LogP contribution in [-0.4, -0.2) is 96.7 Å². The van der Waals surface area contributed by atoms with Crippen molar-refractivity contribution in [1.29, 1.82) is 0 Å². The predicted octanol–water partition coefficient (Wildman–Crippen LogP) is 19.7. The Morgan fingerprint density at radius 3 is 0.807 bits per heavy atom. The van der Waals surface area contributed by atoms with Crippen LogP contribution >= 0.6 is 15.6 Å². The molecule has 0 fully saturated rings. The molecule has 0 amide bonds. The molecule has 88 heavy (non-hydrogen) atoms. The molecule has 0 aliphatic heterocycles. The second-order valence-electron chi connectivity index (χ2n) is 25.2. The van der Waals surface area contributed by atoms with Gasteiger partial charge in [-0.25, -0.2) is 9.13 Å². The van der Waals surface area contributed by atoms with Crippen molar-refractivity contribution < 1.29 is 80.2 Å². The maximum absolute atomic E-state index is 13.0. The minimum Gasteiger partial charge on any atom is -0.462 e. The lowest BCUT2D eigenvalue weighted by molar-refractivity contribution is -0.161. The molecule has 0 bridgehead atoms. The van der Waals surface area contributed by atoms with E-state index in [4.69, 9.17) is 37.0 Å². The molecule has 0 aliphatic carbocycles. The third-order valence-electron chi connectivity index (χ3n) is 16.4. The Labute approximate surface area is 537 Å². The van der Waals surface area contributed by atoms with Gasteiger partial charge in [-0.1, -0.05) is 304 Å². The first-order chi connectivity index (χ1) is 42.6. The van der Waals surface area contributed by atoms with Crippen LogP contribution in [0.5, 0.6) is 0 Å². The quantitative estimate of drug-likeness (QED) is 0.0222. The molecule has 0 saturated carbocycles. The number of aliphatic hydroxyl groups excluding tert-OH is 1. The highest BCUT2D eigenvalue weighted by atomic mass is 31.2. The lowest BCUT2D eigenvalue weighted by atomic mass is 10.00. The van der Waals surface area contributed by atoms with Crippen molar-refractivity contribution in [2.75, 3.05) is 39.6 Å². The number of ether oxygens (including phenoxy) is 4. The summed E-state index contributed by atoms with van der Waals surface area (Å²) in [4.78, 5) is 72.3. The number of carbonyl (C=O) groups is 4. The average molecular weight is 1300 g/mol. The van der Waals surface area contributed by atoms with Gasteiger partial charge in [0.1, 0.15) is 19.3 Å². The molecule has 19 heteroatoms. The van der Waals surface area contributed by atoms with E-state index in [1.54, 1.807) is 0 Å². The minimum atomic E-state index is -4.95. The van der Waals surface area contributed by atoms with Crippen LogP contribution < -0.4 is 0 Å². The van der Waals surface area contributed by atoms with E-state index in [2.05, 4.69) is 34.6 Å². The van der Waals surface area contributed by atoms with E-state index < -0.39 is 97.5 Å².